The Morgan fingerprint density at radius 3 is 2.43 bits per heavy atom. The molecule has 0 atom stereocenters. The molecule has 4 bridgehead atoms. The second-order valence-corrected chi connectivity index (χ2v) is 7.71. The molecule has 4 aliphatic carbocycles. The Balaban J connectivity index is 1.30. The quantitative estimate of drug-likeness (QED) is 0.905. The van der Waals surface area contributed by atoms with E-state index in [2.05, 4.69) is 10.4 Å². The van der Waals surface area contributed by atoms with Crippen LogP contribution in [0.25, 0.3) is 0 Å². The second-order valence-electron chi connectivity index (χ2n) is 7.71. The summed E-state index contributed by atoms with van der Waals surface area (Å²) in [5, 5.41) is 7.25. The highest BCUT2D eigenvalue weighted by atomic mass is 16.1. The molecular formula is C17H25N3O. The molecule has 1 amide bonds. The molecule has 0 aliphatic heterocycles. The Morgan fingerprint density at radius 2 is 1.86 bits per heavy atom. The van der Waals surface area contributed by atoms with Crippen LogP contribution in [0.15, 0.2) is 18.5 Å². The molecule has 1 heterocycles. The predicted octanol–water partition coefficient (Wildman–Crippen LogP) is 2.61. The normalized spacial score (nSPS) is 36.9. The molecule has 4 fully saturated rings. The predicted molar refractivity (Wildman–Crippen MR) is 80.5 cm³/mol. The van der Waals surface area contributed by atoms with Gasteiger partial charge in [-0.2, -0.15) is 5.10 Å². The van der Waals surface area contributed by atoms with Crippen LogP contribution in [0.3, 0.4) is 0 Å². The van der Waals surface area contributed by atoms with Gasteiger partial charge in [0.15, 0.2) is 0 Å². The summed E-state index contributed by atoms with van der Waals surface area (Å²) >= 11 is 0. The fourth-order valence-electron chi connectivity index (χ4n) is 5.65. The van der Waals surface area contributed by atoms with E-state index in [1.165, 1.54) is 38.5 Å². The maximum absolute atomic E-state index is 12.3. The van der Waals surface area contributed by atoms with Crippen molar-refractivity contribution in [2.24, 2.45) is 23.2 Å². The summed E-state index contributed by atoms with van der Waals surface area (Å²) in [5.41, 5.74) is 0.352. The van der Waals surface area contributed by atoms with Gasteiger partial charge < -0.3 is 5.32 Å². The molecule has 1 aromatic rings. The Bertz CT molecular complexity index is 473. The summed E-state index contributed by atoms with van der Waals surface area (Å²) < 4.78 is 1.87. The lowest BCUT2D eigenvalue weighted by Gasteiger charge is -2.56. The maximum Gasteiger partial charge on any atom is 0.220 e. The SMILES string of the molecule is O=C(CC12CC3CC(CC(C3)C1)C2)NCCn1cccn1. The first kappa shape index (κ1) is 13.4. The van der Waals surface area contributed by atoms with Crippen molar-refractivity contribution < 1.29 is 4.79 Å². The van der Waals surface area contributed by atoms with Gasteiger partial charge in [0.2, 0.25) is 5.91 Å². The first-order valence-electron chi connectivity index (χ1n) is 8.45. The first-order chi connectivity index (χ1) is 10.2. The number of nitrogens with one attached hydrogen (secondary N) is 1. The van der Waals surface area contributed by atoms with Crippen molar-refractivity contribution >= 4 is 5.91 Å². The lowest BCUT2D eigenvalue weighted by atomic mass is 9.49. The number of nitrogens with zero attached hydrogens (tertiary/aromatic N) is 2. The number of aromatic nitrogens is 2. The molecule has 1 aromatic heterocycles. The molecule has 5 rings (SSSR count). The molecule has 0 radical (unpaired) electrons. The highest BCUT2D eigenvalue weighted by molar-refractivity contribution is 5.76. The molecule has 4 aliphatic rings. The average molecular weight is 287 g/mol. The van der Waals surface area contributed by atoms with Crippen LogP contribution < -0.4 is 5.32 Å². The topological polar surface area (TPSA) is 46.9 Å². The molecular weight excluding hydrogens is 262 g/mol. The van der Waals surface area contributed by atoms with Crippen molar-refractivity contribution in [1.29, 1.82) is 0 Å². The van der Waals surface area contributed by atoms with E-state index in [1.807, 2.05) is 16.9 Å². The van der Waals surface area contributed by atoms with Crippen LogP contribution in [0, 0.1) is 23.2 Å². The zero-order chi connectivity index (χ0) is 14.3. The molecule has 0 saturated heterocycles. The van der Waals surface area contributed by atoms with Gasteiger partial charge in [0.05, 0.1) is 6.54 Å². The zero-order valence-corrected chi connectivity index (χ0v) is 12.6. The lowest BCUT2D eigenvalue weighted by molar-refractivity contribution is -0.129. The highest BCUT2D eigenvalue weighted by Crippen LogP contribution is 2.61. The number of amides is 1. The number of carbonyl (C=O) groups is 1. The minimum absolute atomic E-state index is 0.254. The van der Waals surface area contributed by atoms with Gasteiger partial charge in [0.25, 0.3) is 0 Å². The number of hydrogen-bond acceptors (Lipinski definition) is 2. The smallest absolute Gasteiger partial charge is 0.220 e. The summed E-state index contributed by atoms with van der Waals surface area (Å²) in [4.78, 5) is 12.3. The molecule has 0 spiro atoms. The van der Waals surface area contributed by atoms with Crippen LogP contribution in [0.4, 0.5) is 0 Å². The van der Waals surface area contributed by atoms with Gasteiger partial charge in [-0.15, -0.1) is 0 Å². The summed E-state index contributed by atoms with van der Waals surface area (Å²) in [5.74, 6) is 3.03. The average Bonchev–Trinajstić information content (AvgIpc) is 2.89. The van der Waals surface area contributed by atoms with Crippen molar-refractivity contribution in [3.8, 4) is 0 Å². The lowest BCUT2D eigenvalue weighted by Crippen LogP contribution is -2.48. The van der Waals surface area contributed by atoms with E-state index < -0.39 is 0 Å². The van der Waals surface area contributed by atoms with Gasteiger partial charge in [-0.25, -0.2) is 0 Å². The third-order valence-corrected chi connectivity index (χ3v) is 5.92. The van der Waals surface area contributed by atoms with Crippen LogP contribution in [-0.4, -0.2) is 22.2 Å². The van der Waals surface area contributed by atoms with Crippen molar-refractivity contribution in [1.82, 2.24) is 15.1 Å². The van der Waals surface area contributed by atoms with Crippen molar-refractivity contribution in [3.63, 3.8) is 0 Å². The van der Waals surface area contributed by atoms with Crippen molar-refractivity contribution in [3.05, 3.63) is 18.5 Å². The summed E-state index contributed by atoms with van der Waals surface area (Å²) in [6.45, 7) is 1.45. The molecule has 4 nitrogen and oxygen atoms in total. The number of carbonyl (C=O) groups excluding carboxylic acids is 1. The van der Waals surface area contributed by atoms with Crippen LogP contribution in [0.1, 0.15) is 44.9 Å². The van der Waals surface area contributed by atoms with E-state index in [0.717, 1.165) is 30.7 Å². The van der Waals surface area contributed by atoms with Gasteiger partial charge >= 0.3 is 0 Å². The summed E-state index contributed by atoms with van der Waals surface area (Å²) in [6, 6.07) is 1.91. The van der Waals surface area contributed by atoms with E-state index in [1.54, 1.807) is 6.20 Å². The first-order valence-corrected chi connectivity index (χ1v) is 8.45. The molecule has 4 heteroatoms. The maximum atomic E-state index is 12.3. The summed E-state index contributed by atoms with van der Waals surface area (Å²) in [6.07, 6.45) is 12.7. The Kier molecular flexibility index (Phi) is 3.27. The molecule has 4 saturated carbocycles. The van der Waals surface area contributed by atoms with Gasteiger partial charge in [0, 0.05) is 25.4 Å². The van der Waals surface area contributed by atoms with Gasteiger partial charge in [-0.05, 0) is 67.8 Å². The van der Waals surface area contributed by atoms with Crippen LogP contribution in [-0.2, 0) is 11.3 Å². The standard InChI is InChI=1S/C17H25N3O/c21-16(18-3-5-20-4-1-2-19-20)12-17-9-13-6-14(10-17)8-15(7-13)11-17/h1-2,4,13-15H,3,5-12H2,(H,18,21). The van der Waals surface area contributed by atoms with Gasteiger partial charge in [-0.1, -0.05) is 0 Å². The van der Waals surface area contributed by atoms with E-state index >= 15 is 0 Å². The molecule has 21 heavy (non-hydrogen) atoms. The Morgan fingerprint density at radius 1 is 1.19 bits per heavy atom. The highest BCUT2D eigenvalue weighted by Gasteiger charge is 2.51. The zero-order valence-electron chi connectivity index (χ0n) is 12.6. The second kappa shape index (κ2) is 5.15. The van der Waals surface area contributed by atoms with E-state index in [4.69, 9.17) is 0 Å². The van der Waals surface area contributed by atoms with E-state index in [-0.39, 0.29) is 5.91 Å². The molecule has 0 unspecified atom stereocenters. The third kappa shape index (κ3) is 2.72. The van der Waals surface area contributed by atoms with Crippen LogP contribution in [0.2, 0.25) is 0 Å². The number of hydrogen-bond donors (Lipinski definition) is 1. The Labute approximate surface area is 126 Å². The fraction of sp³-hybridized carbons (Fsp3) is 0.765. The van der Waals surface area contributed by atoms with Crippen LogP contribution >= 0.6 is 0 Å². The summed E-state index contributed by atoms with van der Waals surface area (Å²) in [7, 11) is 0. The van der Waals surface area contributed by atoms with Crippen molar-refractivity contribution in [2.75, 3.05) is 6.54 Å². The fourth-order valence-corrected chi connectivity index (χ4v) is 5.65. The third-order valence-electron chi connectivity index (χ3n) is 5.92. The monoisotopic (exact) mass is 287 g/mol. The van der Waals surface area contributed by atoms with Gasteiger partial charge in [-0.3, -0.25) is 9.48 Å². The van der Waals surface area contributed by atoms with Gasteiger partial charge in [0.1, 0.15) is 0 Å². The molecule has 1 N–H and O–H groups in total. The molecule has 0 aromatic carbocycles. The minimum atomic E-state index is 0.254. The largest absolute Gasteiger partial charge is 0.354 e. The van der Waals surface area contributed by atoms with E-state index in [9.17, 15) is 4.79 Å². The number of rotatable bonds is 5. The van der Waals surface area contributed by atoms with Crippen LogP contribution in [0.5, 0.6) is 0 Å². The Hall–Kier alpha value is -1.32. The van der Waals surface area contributed by atoms with E-state index in [0.29, 0.717) is 12.0 Å². The minimum Gasteiger partial charge on any atom is -0.354 e. The van der Waals surface area contributed by atoms with Crippen molar-refractivity contribution in [2.45, 2.75) is 51.5 Å². The molecule has 114 valence electrons.